The van der Waals surface area contributed by atoms with Crippen LogP contribution in [-0.4, -0.2) is 11.6 Å². The number of fused-ring (bicyclic) bond motifs is 1. The number of halogens is 1. The monoisotopic (exact) mass is 282 g/mol. The number of carbonyl (C=O) groups is 1. The van der Waals surface area contributed by atoms with Gasteiger partial charge in [-0.2, -0.15) is 0 Å². The number of nitrogens with zero attached hydrogens (tertiary/aromatic N) is 1. The number of hydrogen-bond acceptors (Lipinski definition) is 2. The maximum absolute atomic E-state index is 12.8. The molecule has 0 radical (unpaired) electrons. The normalized spacial score (nSPS) is 12.8. The molecule has 0 aliphatic carbocycles. The molecule has 0 fully saturated rings. The van der Waals surface area contributed by atoms with Crippen molar-refractivity contribution in [2.45, 2.75) is 19.8 Å². The van der Waals surface area contributed by atoms with E-state index in [-0.39, 0.29) is 18.1 Å². The maximum Gasteiger partial charge on any atom is 0.228 e. The molecule has 1 N–H and O–H groups in total. The quantitative estimate of drug-likeness (QED) is 0.917. The molecule has 0 spiro atoms. The van der Waals surface area contributed by atoms with E-state index in [2.05, 4.69) is 10.3 Å². The minimum absolute atomic E-state index is 0.125. The molecule has 0 saturated carbocycles. The summed E-state index contributed by atoms with van der Waals surface area (Å²) in [7, 11) is 0. The van der Waals surface area contributed by atoms with Crippen LogP contribution in [0.4, 0.5) is 15.8 Å². The average molecular weight is 282 g/mol. The second kappa shape index (κ2) is 5.48. The molecule has 2 aromatic carbocycles. The van der Waals surface area contributed by atoms with Crippen LogP contribution < -0.4 is 5.32 Å². The SMILES string of the molecule is CC1=Nc2cc(NC(=O)Cc3ccc(F)cc3)ccc2C1. The van der Waals surface area contributed by atoms with E-state index in [9.17, 15) is 9.18 Å². The van der Waals surface area contributed by atoms with Gasteiger partial charge in [-0.15, -0.1) is 0 Å². The zero-order valence-corrected chi connectivity index (χ0v) is 11.7. The third kappa shape index (κ3) is 3.16. The molecular formula is C17H15FN2O. The summed E-state index contributed by atoms with van der Waals surface area (Å²) in [5.74, 6) is -0.425. The zero-order valence-electron chi connectivity index (χ0n) is 11.7. The zero-order chi connectivity index (χ0) is 14.8. The number of anilines is 1. The Kier molecular flexibility index (Phi) is 3.52. The van der Waals surface area contributed by atoms with E-state index in [0.717, 1.165) is 29.1 Å². The summed E-state index contributed by atoms with van der Waals surface area (Å²) < 4.78 is 12.8. The molecule has 3 rings (SSSR count). The number of aliphatic imine (C=N–C) groups is 1. The fourth-order valence-electron chi connectivity index (χ4n) is 2.41. The maximum atomic E-state index is 12.8. The number of hydrogen-bond donors (Lipinski definition) is 1. The fourth-order valence-corrected chi connectivity index (χ4v) is 2.41. The summed E-state index contributed by atoms with van der Waals surface area (Å²) in [4.78, 5) is 16.4. The summed E-state index contributed by atoms with van der Waals surface area (Å²) in [5, 5.41) is 2.85. The first-order valence-corrected chi connectivity index (χ1v) is 6.81. The molecule has 1 aliphatic heterocycles. The largest absolute Gasteiger partial charge is 0.326 e. The van der Waals surface area contributed by atoms with Crippen LogP contribution in [-0.2, 0) is 17.6 Å². The van der Waals surface area contributed by atoms with Crippen LogP contribution in [0.25, 0.3) is 0 Å². The van der Waals surface area contributed by atoms with Gasteiger partial charge in [-0.1, -0.05) is 18.2 Å². The lowest BCUT2D eigenvalue weighted by atomic mass is 10.1. The van der Waals surface area contributed by atoms with Crippen molar-refractivity contribution in [3.63, 3.8) is 0 Å². The van der Waals surface area contributed by atoms with Gasteiger partial charge in [0.25, 0.3) is 0 Å². The highest BCUT2D eigenvalue weighted by Gasteiger charge is 2.12. The summed E-state index contributed by atoms with van der Waals surface area (Å²) in [6, 6.07) is 11.7. The topological polar surface area (TPSA) is 41.5 Å². The molecule has 106 valence electrons. The van der Waals surface area contributed by atoms with Crippen LogP contribution >= 0.6 is 0 Å². The lowest BCUT2D eigenvalue weighted by molar-refractivity contribution is -0.115. The standard InChI is InChI=1S/C17H15FN2O/c1-11-8-13-4-7-15(10-16(13)19-11)20-17(21)9-12-2-5-14(18)6-3-12/h2-7,10H,8-9H2,1H3,(H,20,21). The van der Waals surface area contributed by atoms with Gasteiger partial charge in [-0.3, -0.25) is 9.79 Å². The number of rotatable bonds is 3. The molecule has 2 aromatic rings. The van der Waals surface area contributed by atoms with Gasteiger partial charge < -0.3 is 5.32 Å². The van der Waals surface area contributed by atoms with Gasteiger partial charge in [-0.25, -0.2) is 4.39 Å². The summed E-state index contributed by atoms with van der Waals surface area (Å²) in [6.07, 6.45) is 1.10. The van der Waals surface area contributed by atoms with Gasteiger partial charge in [0, 0.05) is 17.8 Å². The van der Waals surface area contributed by atoms with Gasteiger partial charge in [0.05, 0.1) is 12.1 Å². The van der Waals surface area contributed by atoms with E-state index in [1.165, 1.54) is 17.7 Å². The molecule has 0 bridgehead atoms. The number of benzene rings is 2. The van der Waals surface area contributed by atoms with Gasteiger partial charge in [0.2, 0.25) is 5.91 Å². The highest BCUT2D eigenvalue weighted by atomic mass is 19.1. The van der Waals surface area contributed by atoms with E-state index >= 15 is 0 Å². The van der Waals surface area contributed by atoms with Crippen molar-refractivity contribution >= 4 is 23.0 Å². The molecule has 0 unspecified atom stereocenters. The first kappa shape index (κ1) is 13.5. The lowest BCUT2D eigenvalue weighted by Gasteiger charge is -2.07. The third-order valence-electron chi connectivity index (χ3n) is 3.40. The van der Waals surface area contributed by atoms with Gasteiger partial charge in [-0.05, 0) is 42.3 Å². The Morgan fingerprint density at radius 3 is 2.76 bits per heavy atom. The summed E-state index contributed by atoms with van der Waals surface area (Å²) >= 11 is 0. The van der Waals surface area contributed by atoms with E-state index < -0.39 is 0 Å². The Morgan fingerprint density at radius 1 is 1.24 bits per heavy atom. The van der Waals surface area contributed by atoms with Crippen molar-refractivity contribution in [3.8, 4) is 0 Å². The van der Waals surface area contributed by atoms with Crippen molar-refractivity contribution in [1.82, 2.24) is 0 Å². The minimum Gasteiger partial charge on any atom is -0.326 e. The molecule has 1 amide bonds. The van der Waals surface area contributed by atoms with Crippen LogP contribution in [0.15, 0.2) is 47.5 Å². The number of amides is 1. The Morgan fingerprint density at radius 2 is 2.00 bits per heavy atom. The van der Waals surface area contributed by atoms with E-state index in [0.29, 0.717) is 0 Å². The first-order valence-electron chi connectivity index (χ1n) is 6.81. The molecule has 1 heterocycles. The van der Waals surface area contributed by atoms with Crippen molar-refractivity contribution < 1.29 is 9.18 Å². The van der Waals surface area contributed by atoms with Crippen molar-refractivity contribution in [2.75, 3.05) is 5.32 Å². The predicted octanol–water partition coefficient (Wildman–Crippen LogP) is 3.66. The van der Waals surface area contributed by atoms with Crippen molar-refractivity contribution in [2.24, 2.45) is 4.99 Å². The Labute approximate surface area is 122 Å². The van der Waals surface area contributed by atoms with Crippen LogP contribution in [0.3, 0.4) is 0 Å². The van der Waals surface area contributed by atoms with Crippen LogP contribution in [0, 0.1) is 5.82 Å². The second-order valence-electron chi connectivity index (χ2n) is 5.22. The Hall–Kier alpha value is -2.49. The number of carbonyl (C=O) groups excluding carboxylic acids is 1. The van der Waals surface area contributed by atoms with Crippen molar-refractivity contribution in [1.29, 1.82) is 0 Å². The number of nitrogens with one attached hydrogen (secondary N) is 1. The van der Waals surface area contributed by atoms with Gasteiger partial charge in [0.1, 0.15) is 5.82 Å². The van der Waals surface area contributed by atoms with E-state index in [4.69, 9.17) is 0 Å². The molecule has 21 heavy (non-hydrogen) atoms. The predicted molar refractivity (Wildman–Crippen MR) is 81.6 cm³/mol. The van der Waals surface area contributed by atoms with Gasteiger partial charge >= 0.3 is 0 Å². The van der Waals surface area contributed by atoms with Crippen molar-refractivity contribution in [3.05, 3.63) is 59.4 Å². The van der Waals surface area contributed by atoms with E-state index in [1.54, 1.807) is 12.1 Å². The second-order valence-corrected chi connectivity index (χ2v) is 5.22. The van der Waals surface area contributed by atoms with Crippen LogP contribution in [0.5, 0.6) is 0 Å². The first-order chi connectivity index (χ1) is 10.1. The van der Waals surface area contributed by atoms with E-state index in [1.807, 2.05) is 25.1 Å². The summed E-state index contributed by atoms with van der Waals surface area (Å²) in [6.45, 7) is 1.99. The molecular weight excluding hydrogens is 267 g/mol. The molecule has 4 heteroatoms. The molecule has 0 atom stereocenters. The minimum atomic E-state index is -0.300. The third-order valence-corrected chi connectivity index (χ3v) is 3.40. The lowest BCUT2D eigenvalue weighted by Crippen LogP contribution is -2.14. The molecule has 0 aromatic heterocycles. The molecule has 1 aliphatic rings. The highest BCUT2D eigenvalue weighted by molar-refractivity contribution is 5.95. The Bertz CT molecular complexity index is 720. The van der Waals surface area contributed by atoms with Crippen LogP contribution in [0.1, 0.15) is 18.1 Å². The van der Waals surface area contributed by atoms with Gasteiger partial charge in [0.15, 0.2) is 0 Å². The molecule has 0 saturated heterocycles. The van der Waals surface area contributed by atoms with Crippen LogP contribution in [0.2, 0.25) is 0 Å². The highest BCUT2D eigenvalue weighted by Crippen LogP contribution is 2.29. The fraction of sp³-hybridized carbons (Fsp3) is 0.176. The molecule has 3 nitrogen and oxygen atoms in total. The average Bonchev–Trinajstić information content (AvgIpc) is 2.80. The Balaban J connectivity index is 1.68. The summed E-state index contributed by atoms with van der Waals surface area (Å²) in [5.41, 5.74) is 4.71. The smallest absolute Gasteiger partial charge is 0.228 e.